The Bertz CT molecular complexity index is 812. The number of carbonyl (C=O) groups excluding carboxylic acids is 2. The summed E-state index contributed by atoms with van der Waals surface area (Å²) in [6.07, 6.45) is 0. The van der Waals surface area contributed by atoms with E-state index in [4.69, 9.17) is 32.7 Å². The molecule has 2 aromatic rings. The maximum absolute atomic E-state index is 12.3. The van der Waals surface area contributed by atoms with Gasteiger partial charge in [0.15, 0.2) is 11.5 Å². The molecule has 0 spiro atoms. The number of hydrogen-bond acceptors (Lipinski definition) is 4. The van der Waals surface area contributed by atoms with Crippen LogP contribution in [-0.4, -0.2) is 25.0 Å². The molecule has 0 unspecified atom stereocenters. The van der Waals surface area contributed by atoms with Gasteiger partial charge < -0.3 is 9.47 Å². The summed E-state index contributed by atoms with van der Waals surface area (Å²) in [5.74, 6) is -0.103. The largest absolute Gasteiger partial charge is 0.490 e. The second kappa shape index (κ2) is 9.31. The predicted molar refractivity (Wildman–Crippen MR) is 100 cm³/mol. The van der Waals surface area contributed by atoms with Crippen LogP contribution in [0.2, 0.25) is 10.0 Å². The Labute approximate surface area is 161 Å². The van der Waals surface area contributed by atoms with Gasteiger partial charge in [0.1, 0.15) is 0 Å². The Kier molecular flexibility index (Phi) is 7.12. The SMILES string of the molecule is CCOc1ccc(C(=O)NNC(=O)c2cc(Cl)ccc2Cl)cc1OCC. The van der Waals surface area contributed by atoms with Crippen molar-refractivity contribution in [1.29, 1.82) is 0 Å². The lowest BCUT2D eigenvalue weighted by Gasteiger charge is -2.13. The number of hydrazine groups is 1. The van der Waals surface area contributed by atoms with Crippen molar-refractivity contribution in [2.75, 3.05) is 13.2 Å². The molecular weight excluding hydrogens is 379 g/mol. The van der Waals surface area contributed by atoms with E-state index in [-0.39, 0.29) is 10.6 Å². The second-order valence-corrected chi connectivity index (χ2v) is 5.90. The van der Waals surface area contributed by atoms with Gasteiger partial charge in [-0.1, -0.05) is 23.2 Å². The van der Waals surface area contributed by atoms with Crippen LogP contribution in [-0.2, 0) is 0 Å². The number of benzene rings is 2. The van der Waals surface area contributed by atoms with Gasteiger partial charge >= 0.3 is 0 Å². The first kappa shape index (κ1) is 19.9. The minimum absolute atomic E-state index is 0.154. The highest BCUT2D eigenvalue weighted by atomic mass is 35.5. The van der Waals surface area contributed by atoms with Gasteiger partial charge in [0.25, 0.3) is 11.8 Å². The van der Waals surface area contributed by atoms with E-state index < -0.39 is 11.8 Å². The van der Waals surface area contributed by atoms with Crippen molar-refractivity contribution in [3.63, 3.8) is 0 Å². The zero-order chi connectivity index (χ0) is 19.1. The van der Waals surface area contributed by atoms with Crippen LogP contribution < -0.4 is 20.3 Å². The van der Waals surface area contributed by atoms with Gasteiger partial charge in [-0.2, -0.15) is 0 Å². The van der Waals surface area contributed by atoms with Crippen LogP contribution in [0.4, 0.5) is 0 Å². The molecule has 2 aromatic carbocycles. The van der Waals surface area contributed by atoms with Crippen LogP contribution in [0.15, 0.2) is 36.4 Å². The highest BCUT2D eigenvalue weighted by molar-refractivity contribution is 6.35. The molecule has 138 valence electrons. The zero-order valence-corrected chi connectivity index (χ0v) is 15.8. The number of halogens is 2. The number of nitrogens with one attached hydrogen (secondary N) is 2. The van der Waals surface area contributed by atoms with Gasteiger partial charge in [-0.25, -0.2) is 0 Å². The molecule has 0 fully saturated rings. The number of amides is 2. The summed E-state index contributed by atoms with van der Waals surface area (Å²) in [7, 11) is 0. The topological polar surface area (TPSA) is 76.7 Å². The molecule has 0 aliphatic carbocycles. The molecule has 0 bridgehead atoms. The maximum atomic E-state index is 12.3. The van der Waals surface area contributed by atoms with E-state index in [1.807, 2.05) is 13.8 Å². The molecule has 2 rings (SSSR count). The monoisotopic (exact) mass is 396 g/mol. The number of carbonyl (C=O) groups is 2. The molecular formula is C18H18Cl2N2O4. The Balaban J connectivity index is 2.08. The summed E-state index contributed by atoms with van der Waals surface area (Å²) in [5, 5.41) is 0.583. The smallest absolute Gasteiger partial charge is 0.271 e. The second-order valence-electron chi connectivity index (χ2n) is 5.06. The number of rotatable bonds is 6. The highest BCUT2D eigenvalue weighted by Crippen LogP contribution is 2.28. The Morgan fingerprint density at radius 1 is 0.885 bits per heavy atom. The first-order chi connectivity index (χ1) is 12.5. The molecule has 0 heterocycles. The minimum Gasteiger partial charge on any atom is -0.490 e. The Hall–Kier alpha value is -2.44. The first-order valence-electron chi connectivity index (χ1n) is 7.91. The van der Waals surface area contributed by atoms with Crippen molar-refractivity contribution in [3.05, 3.63) is 57.6 Å². The molecule has 0 saturated heterocycles. The van der Waals surface area contributed by atoms with Crippen molar-refractivity contribution in [2.45, 2.75) is 13.8 Å². The summed E-state index contributed by atoms with van der Waals surface area (Å²) >= 11 is 11.8. The first-order valence-corrected chi connectivity index (χ1v) is 8.67. The molecule has 6 nitrogen and oxygen atoms in total. The number of hydrogen-bond donors (Lipinski definition) is 2. The summed E-state index contributed by atoms with van der Waals surface area (Å²) in [6.45, 7) is 4.58. The van der Waals surface area contributed by atoms with Crippen LogP contribution in [0.5, 0.6) is 11.5 Å². The van der Waals surface area contributed by atoms with Gasteiger partial charge in [0.2, 0.25) is 0 Å². The zero-order valence-electron chi connectivity index (χ0n) is 14.3. The van der Waals surface area contributed by atoms with Gasteiger partial charge in [0.05, 0.1) is 23.8 Å². The van der Waals surface area contributed by atoms with Crippen LogP contribution in [0.3, 0.4) is 0 Å². The summed E-state index contributed by atoms with van der Waals surface area (Å²) in [4.78, 5) is 24.4. The van der Waals surface area contributed by atoms with Crippen molar-refractivity contribution < 1.29 is 19.1 Å². The fourth-order valence-corrected chi connectivity index (χ4v) is 2.49. The molecule has 8 heteroatoms. The van der Waals surface area contributed by atoms with Crippen molar-refractivity contribution in [1.82, 2.24) is 10.9 Å². The van der Waals surface area contributed by atoms with E-state index in [2.05, 4.69) is 10.9 Å². The third-order valence-electron chi connectivity index (χ3n) is 3.27. The van der Waals surface area contributed by atoms with Crippen molar-refractivity contribution in [2.24, 2.45) is 0 Å². The van der Waals surface area contributed by atoms with E-state index in [9.17, 15) is 9.59 Å². The fraction of sp³-hybridized carbons (Fsp3) is 0.222. The average molecular weight is 397 g/mol. The van der Waals surface area contributed by atoms with Crippen molar-refractivity contribution in [3.8, 4) is 11.5 Å². The van der Waals surface area contributed by atoms with Gasteiger partial charge in [-0.3, -0.25) is 20.4 Å². The highest BCUT2D eigenvalue weighted by Gasteiger charge is 2.15. The lowest BCUT2D eigenvalue weighted by atomic mass is 10.2. The molecule has 0 saturated carbocycles. The minimum atomic E-state index is -0.582. The van der Waals surface area contributed by atoms with E-state index >= 15 is 0 Å². The summed E-state index contributed by atoms with van der Waals surface area (Å²) in [5.41, 5.74) is 5.09. The van der Waals surface area contributed by atoms with Crippen LogP contribution in [0.1, 0.15) is 34.6 Å². The fourth-order valence-electron chi connectivity index (χ4n) is 2.12. The van der Waals surface area contributed by atoms with Crippen molar-refractivity contribution >= 4 is 35.0 Å². The molecule has 2 N–H and O–H groups in total. The van der Waals surface area contributed by atoms with Gasteiger partial charge in [0, 0.05) is 10.6 Å². The molecule has 0 aliphatic rings. The Morgan fingerprint density at radius 2 is 1.54 bits per heavy atom. The third kappa shape index (κ3) is 5.03. The molecule has 26 heavy (non-hydrogen) atoms. The molecule has 0 atom stereocenters. The molecule has 0 aromatic heterocycles. The molecule has 2 amide bonds. The quantitative estimate of drug-likeness (QED) is 0.726. The van der Waals surface area contributed by atoms with E-state index in [0.29, 0.717) is 35.3 Å². The summed E-state index contributed by atoms with van der Waals surface area (Å²) in [6, 6.07) is 9.23. The van der Waals surface area contributed by atoms with Crippen LogP contribution >= 0.6 is 23.2 Å². The van der Waals surface area contributed by atoms with Crippen LogP contribution in [0.25, 0.3) is 0 Å². The van der Waals surface area contributed by atoms with E-state index in [1.165, 1.54) is 12.1 Å². The van der Waals surface area contributed by atoms with Gasteiger partial charge in [-0.15, -0.1) is 0 Å². The lowest BCUT2D eigenvalue weighted by Crippen LogP contribution is -2.41. The standard InChI is InChI=1S/C18H18Cl2N2O4/c1-3-25-15-8-5-11(9-16(15)26-4-2)17(23)21-22-18(24)13-10-12(19)6-7-14(13)20/h5-10H,3-4H2,1-2H3,(H,21,23)(H,22,24). The third-order valence-corrected chi connectivity index (χ3v) is 3.83. The Morgan fingerprint density at radius 3 is 2.23 bits per heavy atom. The lowest BCUT2D eigenvalue weighted by molar-refractivity contribution is 0.0846. The number of ether oxygens (including phenoxy) is 2. The van der Waals surface area contributed by atoms with E-state index in [1.54, 1.807) is 24.3 Å². The normalized spacial score (nSPS) is 10.2. The van der Waals surface area contributed by atoms with Crippen LogP contribution in [0, 0.1) is 0 Å². The summed E-state index contributed by atoms with van der Waals surface area (Å²) < 4.78 is 10.9. The van der Waals surface area contributed by atoms with Gasteiger partial charge in [-0.05, 0) is 50.2 Å². The predicted octanol–water partition coefficient (Wildman–Crippen LogP) is 3.87. The maximum Gasteiger partial charge on any atom is 0.271 e. The van der Waals surface area contributed by atoms with E-state index in [0.717, 1.165) is 0 Å². The molecule has 0 aliphatic heterocycles. The average Bonchev–Trinajstić information content (AvgIpc) is 2.63. The molecule has 0 radical (unpaired) electrons.